The van der Waals surface area contributed by atoms with E-state index in [2.05, 4.69) is 4.72 Å². The second-order valence-electron chi connectivity index (χ2n) is 7.27. The molecule has 0 aromatic heterocycles. The highest BCUT2D eigenvalue weighted by Crippen LogP contribution is 2.17. The maximum Gasteiger partial charge on any atom is 0.322 e. The number of non-ortho nitro benzene ring substituents is 1. The second kappa shape index (κ2) is 10.2. The predicted octanol–water partition coefficient (Wildman–Crippen LogP) is 3.35. The van der Waals surface area contributed by atoms with E-state index >= 15 is 0 Å². The lowest BCUT2D eigenvalue weighted by molar-refractivity contribution is -0.384. The number of carboxylic acids is 1. The molecule has 0 aliphatic heterocycles. The van der Waals surface area contributed by atoms with Crippen molar-refractivity contribution in [2.75, 3.05) is 0 Å². The summed E-state index contributed by atoms with van der Waals surface area (Å²) in [6.07, 6.45) is 1.15. The van der Waals surface area contributed by atoms with E-state index in [1.807, 2.05) is 0 Å². The van der Waals surface area contributed by atoms with E-state index in [1.54, 1.807) is 54.6 Å². The van der Waals surface area contributed by atoms with E-state index in [0.717, 1.165) is 11.1 Å². The zero-order chi connectivity index (χ0) is 23.1. The molecular formula is C23H22N2O6S. The van der Waals surface area contributed by atoms with Crippen LogP contribution < -0.4 is 4.72 Å². The Bertz CT molecular complexity index is 1190. The molecule has 0 unspecified atom stereocenters. The molecule has 0 saturated carbocycles. The van der Waals surface area contributed by atoms with Gasteiger partial charge in [-0.2, -0.15) is 4.72 Å². The van der Waals surface area contributed by atoms with Crippen LogP contribution in [-0.4, -0.2) is 30.5 Å². The summed E-state index contributed by atoms with van der Waals surface area (Å²) in [5.41, 5.74) is 2.40. The van der Waals surface area contributed by atoms with Gasteiger partial charge in [0.2, 0.25) is 10.0 Å². The molecule has 3 rings (SSSR count). The third kappa shape index (κ3) is 6.22. The molecule has 0 bridgehead atoms. The summed E-state index contributed by atoms with van der Waals surface area (Å²) in [6.45, 7) is 0. The first-order valence-electron chi connectivity index (χ1n) is 9.86. The van der Waals surface area contributed by atoms with E-state index in [0.29, 0.717) is 18.4 Å². The van der Waals surface area contributed by atoms with Crippen LogP contribution in [0.1, 0.15) is 16.7 Å². The Morgan fingerprint density at radius 1 is 0.906 bits per heavy atom. The summed E-state index contributed by atoms with van der Waals surface area (Å²) >= 11 is 0. The molecule has 2 N–H and O–H groups in total. The topological polar surface area (TPSA) is 127 Å². The molecule has 32 heavy (non-hydrogen) atoms. The van der Waals surface area contributed by atoms with E-state index < -0.39 is 27.0 Å². The Hall–Kier alpha value is -3.56. The minimum absolute atomic E-state index is 0.0245. The fraction of sp³-hybridized carbons (Fsp3) is 0.174. The highest BCUT2D eigenvalue weighted by atomic mass is 32.2. The first-order chi connectivity index (χ1) is 15.2. The number of carboxylic acid groups (broad SMARTS) is 1. The maximum absolute atomic E-state index is 12.7. The summed E-state index contributed by atoms with van der Waals surface area (Å²) in [4.78, 5) is 22.0. The van der Waals surface area contributed by atoms with Gasteiger partial charge in [-0.25, -0.2) is 8.42 Å². The van der Waals surface area contributed by atoms with Crippen LogP contribution in [0.25, 0.3) is 0 Å². The molecule has 0 aliphatic carbocycles. The van der Waals surface area contributed by atoms with Crippen molar-refractivity contribution in [2.45, 2.75) is 30.2 Å². The van der Waals surface area contributed by atoms with Crippen LogP contribution in [0.3, 0.4) is 0 Å². The summed E-state index contributed by atoms with van der Waals surface area (Å²) in [7, 11) is -4.03. The number of aliphatic carboxylic acids is 1. The highest BCUT2D eigenvalue weighted by molar-refractivity contribution is 7.89. The molecule has 0 fully saturated rings. The van der Waals surface area contributed by atoms with Gasteiger partial charge < -0.3 is 5.11 Å². The molecule has 166 valence electrons. The first-order valence-corrected chi connectivity index (χ1v) is 11.3. The molecule has 0 radical (unpaired) electrons. The number of nitro benzene ring substituents is 1. The molecule has 1 atom stereocenters. The SMILES string of the molecule is O=C(O)[C@H](Cc1ccccc1)NS(=O)(=O)c1ccc(CCc2cccc([N+](=O)[O-])c2)cc1. The standard InChI is InChI=1S/C23H22N2O6S/c26-23(27)22(16-18-5-2-1-3-6-18)24-32(30,31)21-13-11-17(12-14-21)9-10-19-7-4-8-20(15-19)25(28)29/h1-8,11-15,22,24H,9-10,16H2,(H,26,27)/t22-/m0/s1. The minimum Gasteiger partial charge on any atom is -0.480 e. The van der Waals surface area contributed by atoms with Gasteiger partial charge >= 0.3 is 5.97 Å². The number of carbonyl (C=O) groups is 1. The first kappa shape index (κ1) is 23.1. The van der Waals surface area contributed by atoms with Gasteiger partial charge in [0.25, 0.3) is 5.69 Å². The van der Waals surface area contributed by atoms with Crippen LogP contribution in [0.4, 0.5) is 5.69 Å². The summed E-state index contributed by atoms with van der Waals surface area (Å²) < 4.78 is 27.6. The number of sulfonamides is 1. The van der Waals surface area contributed by atoms with Crippen LogP contribution >= 0.6 is 0 Å². The highest BCUT2D eigenvalue weighted by Gasteiger charge is 2.25. The fourth-order valence-electron chi connectivity index (χ4n) is 3.23. The van der Waals surface area contributed by atoms with E-state index in [9.17, 15) is 28.4 Å². The molecule has 3 aromatic carbocycles. The molecule has 0 saturated heterocycles. The summed E-state index contributed by atoms with van der Waals surface area (Å²) in [6, 6.07) is 20.0. The zero-order valence-corrected chi connectivity index (χ0v) is 17.9. The third-order valence-corrected chi connectivity index (χ3v) is 6.42. The number of hydrogen-bond acceptors (Lipinski definition) is 5. The Kier molecular flexibility index (Phi) is 7.34. The van der Waals surface area contributed by atoms with Crippen LogP contribution in [0.5, 0.6) is 0 Å². The lowest BCUT2D eigenvalue weighted by Crippen LogP contribution is -2.42. The van der Waals surface area contributed by atoms with E-state index in [1.165, 1.54) is 24.3 Å². The van der Waals surface area contributed by atoms with Crippen molar-refractivity contribution in [3.8, 4) is 0 Å². The second-order valence-corrected chi connectivity index (χ2v) is 8.99. The maximum atomic E-state index is 12.7. The van der Waals surface area contributed by atoms with Crippen molar-refractivity contribution in [1.29, 1.82) is 0 Å². The lowest BCUT2D eigenvalue weighted by atomic mass is 10.0. The van der Waals surface area contributed by atoms with Gasteiger partial charge in [0.15, 0.2) is 0 Å². The number of nitrogens with zero attached hydrogens (tertiary/aromatic N) is 1. The average molecular weight is 455 g/mol. The van der Waals surface area contributed by atoms with E-state index in [-0.39, 0.29) is 17.0 Å². The monoisotopic (exact) mass is 454 g/mol. The molecule has 0 amide bonds. The number of hydrogen-bond donors (Lipinski definition) is 2. The Labute approximate surface area is 185 Å². The van der Waals surface area contributed by atoms with Crippen LogP contribution in [-0.2, 0) is 34.1 Å². The molecular weight excluding hydrogens is 432 g/mol. The number of rotatable bonds is 10. The van der Waals surface area contributed by atoms with Gasteiger partial charge in [-0.15, -0.1) is 0 Å². The van der Waals surface area contributed by atoms with Gasteiger partial charge in [-0.05, 0) is 48.1 Å². The fourth-order valence-corrected chi connectivity index (χ4v) is 4.42. The number of nitro groups is 1. The van der Waals surface area contributed by atoms with Gasteiger partial charge in [0, 0.05) is 12.1 Å². The minimum atomic E-state index is -4.03. The van der Waals surface area contributed by atoms with Crippen molar-refractivity contribution < 1.29 is 23.2 Å². The number of benzene rings is 3. The van der Waals surface area contributed by atoms with Gasteiger partial charge in [-0.3, -0.25) is 14.9 Å². The quantitative estimate of drug-likeness (QED) is 0.357. The Morgan fingerprint density at radius 3 is 2.16 bits per heavy atom. The summed E-state index contributed by atoms with van der Waals surface area (Å²) in [5, 5.41) is 20.3. The average Bonchev–Trinajstić information content (AvgIpc) is 2.78. The smallest absolute Gasteiger partial charge is 0.322 e. The molecule has 3 aromatic rings. The number of nitrogens with one attached hydrogen (secondary N) is 1. The van der Waals surface area contributed by atoms with Gasteiger partial charge in [-0.1, -0.05) is 54.6 Å². The predicted molar refractivity (Wildman–Crippen MR) is 119 cm³/mol. The zero-order valence-electron chi connectivity index (χ0n) is 17.0. The van der Waals surface area contributed by atoms with Crippen molar-refractivity contribution in [3.05, 3.63) is 106 Å². The molecule has 9 heteroatoms. The normalized spacial score (nSPS) is 12.2. The van der Waals surface area contributed by atoms with E-state index in [4.69, 9.17) is 0 Å². The third-order valence-electron chi connectivity index (χ3n) is 4.94. The van der Waals surface area contributed by atoms with Gasteiger partial charge in [0.05, 0.1) is 9.82 Å². The Morgan fingerprint density at radius 2 is 1.53 bits per heavy atom. The van der Waals surface area contributed by atoms with Crippen molar-refractivity contribution in [3.63, 3.8) is 0 Å². The lowest BCUT2D eigenvalue weighted by Gasteiger charge is -2.15. The van der Waals surface area contributed by atoms with Crippen LogP contribution in [0.2, 0.25) is 0 Å². The molecule has 0 spiro atoms. The van der Waals surface area contributed by atoms with Gasteiger partial charge in [0.1, 0.15) is 6.04 Å². The molecule has 0 heterocycles. The van der Waals surface area contributed by atoms with Crippen LogP contribution in [0, 0.1) is 10.1 Å². The van der Waals surface area contributed by atoms with Crippen molar-refractivity contribution >= 4 is 21.7 Å². The summed E-state index contributed by atoms with van der Waals surface area (Å²) in [5.74, 6) is -1.26. The van der Waals surface area contributed by atoms with Crippen molar-refractivity contribution in [1.82, 2.24) is 4.72 Å². The Balaban J connectivity index is 1.66. The largest absolute Gasteiger partial charge is 0.480 e. The van der Waals surface area contributed by atoms with Crippen LogP contribution in [0.15, 0.2) is 83.8 Å². The molecule has 0 aliphatic rings. The van der Waals surface area contributed by atoms with Crippen molar-refractivity contribution in [2.24, 2.45) is 0 Å². The molecule has 8 nitrogen and oxygen atoms in total. The number of aryl methyl sites for hydroxylation is 2.